The molecule has 114 valence electrons. The van der Waals surface area contributed by atoms with Crippen molar-refractivity contribution in [3.8, 4) is 5.75 Å². The van der Waals surface area contributed by atoms with Crippen molar-refractivity contribution < 1.29 is 29.3 Å². The first-order valence-electron chi connectivity index (χ1n) is 6.77. The van der Waals surface area contributed by atoms with Crippen LogP contribution in [0, 0.1) is 0 Å². The number of hydrogen-bond acceptors (Lipinski definition) is 4. The Morgan fingerprint density at radius 2 is 1.76 bits per heavy atom. The highest BCUT2D eigenvalue weighted by atomic mass is 16.5. The van der Waals surface area contributed by atoms with E-state index in [0.717, 1.165) is 25.3 Å². The first-order valence-corrected chi connectivity index (χ1v) is 6.77. The first kappa shape index (κ1) is 16.7. The molecule has 0 fully saturated rings. The molecular weight excluding hydrogens is 276 g/mol. The molecule has 1 aromatic rings. The Morgan fingerprint density at radius 1 is 1.05 bits per heavy atom. The van der Waals surface area contributed by atoms with Gasteiger partial charge in [-0.2, -0.15) is 0 Å². The number of ether oxygens (including phenoxy) is 1. The predicted molar refractivity (Wildman–Crippen MR) is 74.8 cm³/mol. The van der Waals surface area contributed by atoms with E-state index in [2.05, 4.69) is 6.92 Å². The van der Waals surface area contributed by atoms with Crippen LogP contribution in [-0.4, -0.2) is 28.1 Å². The van der Waals surface area contributed by atoms with Gasteiger partial charge in [-0.05, 0) is 18.6 Å². The molecule has 0 amide bonds. The highest BCUT2D eigenvalue weighted by Gasteiger charge is 2.22. The second kappa shape index (κ2) is 8.04. The molecular formula is C15H18O6. The van der Waals surface area contributed by atoms with Gasteiger partial charge in [0.25, 0.3) is 0 Å². The van der Waals surface area contributed by atoms with Crippen LogP contribution in [0.1, 0.15) is 59.7 Å². The predicted octanol–water partition coefficient (Wildman–Crippen LogP) is 2.96. The molecule has 1 aromatic carbocycles. The fourth-order valence-corrected chi connectivity index (χ4v) is 1.88. The van der Waals surface area contributed by atoms with Gasteiger partial charge in [-0.15, -0.1) is 0 Å². The van der Waals surface area contributed by atoms with Crippen LogP contribution in [0.5, 0.6) is 5.75 Å². The lowest BCUT2D eigenvalue weighted by Crippen LogP contribution is -2.14. The summed E-state index contributed by atoms with van der Waals surface area (Å²) in [4.78, 5) is 33.8. The number of hydrogen-bond donors (Lipinski definition) is 2. The molecule has 0 atom stereocenters. The maximum Gasteiger partial charge on any atom is 0.340 e. The number of rotatable bonds is 8. The van der Waals surface area contributed by atoms with E-state index in [1.807, 2.05) is 0 Å². The first-order chi connectivity index (χ1) is 9.97. The molecule has 0 spiro atoms. The average molecular weight is 294 g/mol. The number of unbranched alkanes of at least 4 members (excludes halogenated alkanes) is 3. The van der Waals surface area contributed by atoms with Crippen molar-refractivity contribution >= 4 is 17.9 Å². The quantitative estimate of drug-likeness (QED) is 0.434. The van der Waals surface area contributed by atoms with Crippen LogP contribution < -0.4 is 4.74 Å². The molecule has 0 aliphatic heterocycles. The highest BCUT2D eigenvalue weighted by molar-refractivity contribution is 6.04. The number of carboxylic acid groups (broad SMARTS) is 2. The van der Waals surface area contributed by atoms with Crippen LogP contribution in [0.3, 0.4) is 0 Å². The van der Waals surface area contributed by atoms with Crippen molar-refractivity contribution in [3.05, 3.63) is 29.3 Å². The molecule has 6 nitrogen and oxygen atoms in total. The van der Waals surface area contributed by atoms with E-state index in [1.54, 1.807) is 0 Å². The van der Waals surface area contributed by atoms with E-state index in [9.17, 15) is 14.4 Å². The van der Waals surface area contributed by atoms with Gasteiger partial charge in [0.05, 0.1) is 5.56 Å². The normalized spacial score (nSPS) is 10.1. The second-order valence-corrected chi connectivity index (χ2v) is 4.57. The van der Waals surface area contributed by atoms with Crippen LogP contribution in [0.4, 0.5) is 0 Å². The summed E-state index contributed by atoms with van der Waals surface area (Å²) in [6.45, 7) is 2.05. The number of carbonyl (C=O) groups excluding carboxylic acids is 1. The number of esters is 1. The van der Waals surface area contributed by atoms with E-state index < -0.39 is 29.0 Å². The molecule has 2 N–H and O–H groups in total. The van der Waals surface area contributed by atoms with Gasteiger partial charge in [0.1, 0.15) is 11.3 Å². The molecule has 0 aromatic heterocycles. The van der Waals surface area contributed by atoms with Crippen LogP contribution in [0.15, 0.2) is 18.2 Å². The molecule has 21 heavy (non-hydrogen) atoms. The Kier molecular flexibility index (Phi) is 6.39. The summed E-state index contributed by atoms with van der Waals surface area (Å²) in [6.07, 6.45) is 3.79. The zero-order valence-electron chi connectivity index (χ0n) is 11.8. The lowest BCUT2D eigenvalue weighted by atomic mass is 10.1. The number of carboxylic acids is 2. The van der Waals surface area contributed by atoms with Gasteiger partial charge in [-0.3, -0.25) is 4.79 Å². The van der Waals surface area contributed by atoms with Gasteiger partial charge in [-0.1, -0.05) is 32.3 Å². The maximum atomic E-state index is 11.7. The maximum absolute atomic E-state index is 11.7. The van der Waals surface area contributed by atoms with E-state index >= 15 is 0 Å². The summed E-state index contributed by atoms with van der Waals surface area (Å²) in [5.41, 5.74) is -0.911. The lowest BCUT2D eigenvalue weighted by Gasteiger charge is -2.09. The van der Waals surface area contributed by atoms with Crippen molar-refractivity contribution in [1.82, 2.24) is 0 Å². The Morgan fingerprint density at radius 3 is 2.33 bits per heavy atom. The summed E-state index contributed by atoms with van der Waals surface area (Å²) in [5.74, 6) is -3.62. The summed E-state index contributed by atoms with van der Waals surface area (Å²) in [6, 6.07) is 3.78. The third-order valence-corrected chi connectivity index (χ3v) is 2.93. The fourth-order valence-electron chi connectivity index (χ4n) is 1.88. The highest BCUT2D eigenvalue weighted by Crippen LogP contribution is 2.23. The fraction of sp³-hybridized carbons (Fsp3) is 0.400. The van der Waals surface area contributed by atoms with Crippen molar-refractivity contribution in [2.24, 2.45) is 0 Å². The third kappa shape index (κ3) is 4.91. The zero-order chi connectivity index (χ0) is 15.8. The van der Waals surface area contributed by atoms with Crippen molar-refractivity contribution in [3.63, 3.8) is 0 Å². The molecule has 0 saturated carbocycles. The van der Waals surface area contributed by atoms with Gasteiger partial charge in [0.2, 0.25) is 0 Å². The van der Waals surface area contributed by atoms with E-state index in [1.165, 1.54) is 12.1 Å². The van der Waals surface area contributed by atoms with Crippen LogP contribution >= 0.6 is 0 Å². The van der Waals surface area contributed by atoms with Gasteiger partial charge in [0, 0.05) is 6.42 Å². The van der Waals surface area contributed by atoms with Crippen molar-refractivity contribution in [2.75, 3.05) is 0 Å². The number of carbonyl (C=O) groups is 3. The molecule has 0 aliphatic carbocycles. The van der Waals surface area contributed by atoms with Gasteiger partial charge >= 0.3 is 17.9 Å². The Bertz CT molecular complexity index is 535. The summed E-state index contributed by atoms with van der Waals surface area (Å²) in [5, 5.41) is 18.1. The molecule has 0 saturated heterocycles. The molecule has 0 bridgehead atoms. The minimum atomic E-state index is -1.44. The van der Waals surface area contributed by atoms with Crippen molar-refractivity contribution in [1.29, 1.82) is 0 Å². The minimum absolute atomic E-state index is 0.177. The molecule has 0 radical (unpaired) electrons. The number of aromatic carboxylic acids is 2. The van der Waals surface area contributed by atoms with Gasteiger partial charge in [-0.25, -0.2) is 9.59 Å². The average Bonchev–Trinajstić information content (AvgIpc) is 2.43. The second-order valence-electron chi connectivity index (χ2n) is 4.57. The monoisotopic (exact) mass is 294 g/mol. The molecule has 0 heterocycles. The Hall–Kier alpha value is -2.37. The molecule has 0 aliphatic rings. The summed E-state index contributed by atoms with van der Waals surface area (Å²) < 4.78 is 4.99. The van der Waals surface area contributed by atoms with E-state index in [0.29, 0.717) is 6.42 Å². The number of benzene rings is 1. The minimum Gasteiger partial charge on any atom is -0.478 e. The molecule has 0 unspecified atom stereocenters. The van der Waals surface area contributed by atoms with E-state index in [4.69, 9.17) is 14.9 Å². The van der Waals surface area contributed by atoms with Crippen molar-refractivity contribution in [2.45, 2.75) is 39.0 Å². The third-order valence-electron chi connectivity index (χ3n) is 2.93. The standard InChI is InChI=1S/C15H18O6/c1-2-3-4-5-9-12(16)21-11-8-6-7-10(14(17)18)13(11)15(19)20/h6-8H,2-5,9H2,1H3,(H,17,18)(H,19,20). The van der Waals surface area contributed by atoms with Gasteiger partial charge in [0.15, 0.2) is 0 Å². The van der Waals surface area contributed by atoms with E-state index in [-0.39, 0.29) is 12.2 Å². The smallest absolute Gasteiger partial charge is 0.340 e. The summed E-state index contributed by atoms with van der Waals surface area (Å²) >= 11 is 0. The molecule has 1 rings (SSSR count). The zero-order valence-corrected chi connectivity index (χ0v) is 11.8. The Balaban J connectivity index is 2.83. The van der Waals surface area contributed by atoms with Crippen LogP contribution in [-0.2, 0) is 4.79 Å². The summed E-state index contributed by atoms with van der Waals surface area (Å²) in [7, 11) is 0. The SMILES string of the molecule is CCCCCCC(=O)Oc1cccc(C(=O)O)c1C(=O)O. The topological polar surface area (TPSA) is 101 Å². The van der Waals surface area contributed by atoms with Gasteiger partial charge < -0.3 is 14.9 Å². The lowest BCUT2D eigenvalue weighted by molar-refractivity contribution is -0.134. The Labute approximate surface area is 122 Å². The van der Waals surface area contributed by atoms with Crippen LogP contribution in [0.2, 0.25) is 0 Å². The molecule has 6 heteroatoms. The largest absolute Gasteiger partial charge is 0.478 e. The van der Waals surface area contributed by atoms with Crippen LogP contribution in [0.25, 0.3) is 0 Å².